The maximum atomic E-state index is 10.2. The molecule has 0 bridgehead atoms. The van der Waals surface area contributed by atoms with Crippen LogP contribution in [0.1, 0.15) is 12.5 Å². The van der Waals surface area contributed by atoms with Crippen molar-refractivity contribution < 1.29 is 4.92 Å². The van der Waals surface area contributed by atoms with E-state index in [-0.39, 0.29) is 10.6 Å². The third-order valence-electron chi connectivity index (χ3n) is 1.56. The number of nitrogens with zero attached hydrogens (tertiary/aromatic N) is 1. The van der Waals surface area contributed by atoms with Crippen LogP contribution in [0.4, 0.5) is 5.69 Å². The van der Waals surface area contributed by atoms with Crippen LogP contribution >= 0.6 is 0 Å². The van der Waals surface area contributed by atoms with Gasteiger partial charge >= 0.3 is 0 Å². The van der Waals surface area contributed by atoms with Crippen LogP contribution in [-0.4, -0.2) is 19.0 Å². The first-order valence-corrected chi connectivity index (χ1v) is 4.47. The molecule has 0 unspecified atom stereocenters. The standard InChI is InChI=1S/C8H9NO2.C2H7N/c1-2-7-3-5-8(6-4-7)9(10)11;1-3-2/h3-6H,2H2,1H3;3H,1-2H3. The van der Waals surface area contributed by atoms with E-state index in [4.69, 9.17) is 0 Å². The number of nitro benzene ring substituents is 1. The highest BCUT2D eigenvalue weighted by Crippen LogP contribution is 2.11. The van der Waals surface area contributed by atoms with Gasteiger partial charge in [-0.15, -0.1) is 0 Å². The maximum absolute atomic E-state index is 10.2. The predicted octanol–water partition coefficient (Wildman–Crippen LogP) is 1.99. The Bertz CT molecular complexity index is 270. The Labute approximate surface area is 84.1 Å². The molecule has 0 amide bonds. The van der Waals surface area contributed by atoms with Gasteiger partial charge in [0.15, 0.2) is 0 Å². The molecule has 0 saturated carbocycles. The fourth-order valence-corrected chi connectivity index (χ4v) is 0.853. The predicted molar refractivity (Wildman–Crippen MR) is 57.5 cm³/mol. The molecular formula is C10H16N2O2. The van der Waals surface area contributed by atoms with E-state index in [0.29, 0.717) is 0 Å². The second-order valence-corrected chi connectivity index (χ2v) is 2.78. The van der Waals surface area contributed by atoms with Crippen LogP contribution in [0.25, 0.3) is 0 Å². The van der Waals surface area contributed by atoms with Gasteiger partial charge in [-0.1, -0.05) is 19.1 Å². The van der Waals surface area contributed by atoms with Crippen LogP contribution in [0.3, 0.4) is 0 Å². The summed E-state index contributed by atoms with van der Waals surface area (Å²) in [5, 5.41) is 13.0. The van der Waals surface area contributed by atoms with Gasteiger partial charge in [0.25, 0.3) is 5.69 Å². The highest BCUT2D eigenvalue weighted by molar-refractivity contribution is 5.32. The molecule has 0 atom stereocenters. The molecule has 4 nitrogen and oxygen atoms in total. The minimum atomic E-state index is -0.389. The molecule has 0 aliphatic carbocycles. The summed E-state index contributed by atoms with van der Waals surface area (Å²) in [6.07, 6.45) is 0.915. The van der Waals surface area contributed by atoms with E-state index in [1.165, 1.54) is 12.1 Å². The Morgan fingerprint density at radius 2 is 1.71 bits per heavy atom. The summed E-state index contributed by atoms with van der Waals surface area (Å²) in [4.78, 5) is 9.82. The molecular weight excluding hydrogens is 180 g/mol. The average molecular weight is 196 g/mol. The molecule has 4 heteroatoms. The van der Waals surface area contributed by atoms with E-state index in [1.807, 2.05) is 21.0 Å². The Balaban J connectivity index is 0.000000500. The van der Waals surface area contributed by atoms with Crippen molar-refractivity contribution in [1.82, 2.24) is 5.32 Å². The number of aryl methyl sites for hydroxylation is 1. The Kier molecular flexibility index (Phi) is 6.32. The minimum Gasteiger partial charge on any atom is -0.323 e. The van der Waals surface area contributed by atoms with Gasteiger partial charge in [0, 0.05) is 12.1 Å². The van der Waals surface area contributed by atoms with Gasteiger partial charge in [-0.2, -0.15) is 0 Å². The zero-order valence-corrected chi connectivity index (χ0v) is 8.78. The summed E-state index contributed by atoms with van der Waals surface area (Å²) < 4.78 is 0. The van der Waals surface area contributed by atoms with Gasteiger partial charge < -0.3 is 5.32 Å². The van der Waals surface area contributed by atoms with E-state index >= 15 is 0 Å². The highest BCUT2D eigenvalue weighted by atomic mass is 16.6. The SMILES string of the molecule is CCc1ccc([N+](=O)[O-])cc1.CNC. The van der Waals surface area contributed by atoms with E-state index in [1.54, 1.807) is 12.1 Å². The quantitative estimate of drug-likeness (QED) is 0.581. The third-order valence-corrected chi connectivity index (χ3v) is 1.56. The summed E-state index contributed by atoms with van der Waals surface area (Å²) in [5.41, 5.74) is 1.28. The first-order valence-electron chi connectivity index (χ1n) is 4.47. The van der Waals surface area contributed by atoms with Crippen molar-refractivity contribution >= 4 is 5.69 Å². The van der Waals surface area contributed by atoms with E-state index in [2.05, 4.69) is 5.32 Å². The molecule has 0 aliphatic rings. The lowest BCUT2D eigenvalue weighted by atomic mass is 10.2. The molecule has 1 aromatic carbocycles. The van der Waals surface area contributed by atoms with Crippen LogP contribution in [0, 0.1) is 10.1 Å². The van der Waals surface area contributed by atoms with Crippen LogP contribution in [-0.2, 0) is 6.42 Å². The van der Waals surface area contributed by atoms with Gasteiger partial charge in [0.2, 0.25) is 0 Å². The molecule has 0 aliphatic heterocycles. The number of benzene rings is 1. The molecule has 1 aromatic rings. The Morgan fingerprint density at radius 3 is 2.00 bits per heavy atom. The molecule has 1 rings (SSSR count). The topological polar surface area (TPSA) is 55.2 Å². The van der Waals surface area contributed by atoms with Crippen molar-refractivity contribution in [2.24, 2.45) is 0 Å². The van der Waals surface area contributed by atoms with E-state index in [0.717, 1.165) is 12.0 Å². The third kappa shape index (κ3) is 4.57. The molecule has 0 heterocycles. The Morgan fingerprint density at radius 1 is 1.29 bits per heavy atom. The molecule has 0 radical (unpaired) electrons. The molecule has 0 spiro atoms. The van der Waals surface area contributed by atoms with Gasteiger partial charge in [-0.05, 0) is 26.1 Å². The van der Waals surface area contributed by atoms with Crippen LogP contribution in [0.2, 0.25) is 0 Å². The van der Waals surface area contributed by atoms with Crippen molar-refractivity contribution in [3.8, 4) is 0 Å². The summed E-state index contributed by atoms with van der Waals surface area (Å²) in [6.45, 7) is 2.02. The largest absolute Gasteiger partial charge is 0.323 e. The first-order chi connectivity index (χ1) is 6.65. The molecule has 0 saturated heterocycles. The maximum Gasteiger partial charge on any atom is 0.269 e. The van der Waals surface area contributed by atoms with Crippen molar-refractivity contribution in [3.05, 3.63) is 39.9 Å². The number of hydrogen-bond donors (Lipinski definition) is 1. The van der Waals surface area contributed by atoms with Crippen molar-refractivity contribution in [2.75, 3.05) is 14.1 Å². The monoisotopic (exact) mass is 196 g/mol. The van der Waals surface area contributed by atoms with E-state index in [9.17, 15) is 10.1 Å². The number of rotatable bonds is 2. The number of hydrogen-bond acceptors (Lipinski definition) is 3. The van der Waals surface area contributed by atoms with Gasteiger partial charge in [0.05, 0.1) is 4.92 Å². The summed E-state index contributed by atoms with van der Waals surface area (Å²) >= 11 is 0. The van der Waals surface area contributed by atoms with Crippen LogP contribution in [0.5, 0.6) is 0 Å². The molecule has 1 N–H and O–H groups in total. The lowest BCUT2D eigenvalue weighted by Gasteiger charge is -1.93. The second kappa shape index (κ2) is 7.03. The lowest BCUT2D eigenvalue weighted by molar-refractivity contribution is -0.384. The van der Waals surface area contributed by atoms with E-state index < -0.39 is 0 Å². The molecule has 0 fully saturated rings. The lowest BCUT2D eigenvalue weighted by Crippen LogP contribution is -1.89. The van der Waals surface area contributed by atoms with Crippen LogP contribution in [0.15, 0.2) is 24.3 Å². The average Bonchev–Trinajstić information content (AvgIpc) is 2.19. The molecule has 14 heavy (non-hydrogen) atoms. The van der Waals surface area contributed by atoms with Crippen molar-refractivity contribution in [2.45, 2.75) is 13.3 Å². The summed E-state index contributed by atoms with van der Waals surface area (Å²) in [5.74, 6) is 0. The zero-order chi connectivity index (χ0) is 11.0. The fraction of sp³-hybridized carbons (Fsp3) is 0.400. The Hall–Kier alpha value is -1.42. The summed E-state index contributed by atoms with van der Waals surface area (Å²) in [7, 11) is 3.75. The second-order valence-electron chi connectivity index (χ2n) is 2.78. The van der Waals surface area contributed by atoms with Gasteiger partial charge in [-0.3, -0.25) is 10.1 Å². The van der Waals surface area contributed by atoms with Gasteiger partial charge in [0.1, 0.15) is 0 Å². The number of nitro groups is 1. The van der Waals surface area contributed by atoms with Gasteiger partial charge in [-0.25, -0.2) is 0 Å². The first kappa shape index (κ1) is 12.6. The molecule has 0 aromatic heterocycles. The smallest absolute Gasteiger partial charge is 0.269 e. The molecule has 78 valence electrons. The highest BCUT2D eigenvalue weighted by Gasteiger charge is 2.01. The van der Waals surface area contributed by atoms with Crippen molar-refractivity contribution in [3.63, 3.8) is 0 Å². The summed E-state index contributed by atoms with van der Waals surface area (Å²) in [6, 6.07) is 6.61. The number of non-ortho nitro benzene ring substituents is 1. The number of nitrogens with one attached hydrogen (secondary N) is 1. The fourth-order valence-electron chi connectivity index (χ4n) is 0.853. The van der Waals surface area contributed by atoms with Crippen molar-refractivity contribution in [1.29, 1.82) is 0 Å². The normalized spacial score (nSPS) is 8.79. The zero-order valence-electron chi connectivity index (χ0n) is 8.78. The van der Waals surface area contributed by atoms with Crippen LogP contribution < -0.4 is 5.32 Å². The minimum absolute atomic E-state index is 0.155.